The molecule has 5 nitrogen and oxygen atoms in total. The zero-order chi connectivity index (χ0) is 23.6. The van der Waals surface area contributed by atoms with Gasteiger partial charge in [0.05, 0.1) is 30.3 Å². The number of fused-ring (bicyclic) bond motifs is 1. The first-order valence-corrected chi connectivity index (χ1v) is 11.1. The van der Waals surface area contributed by atoms with Gasteiger partial charge in [0.2, 0.25) is 0 Å². The van der Waals surface area contributed by atoms with Crippen LogP contribution in [0, 0.1) is 5.82 Å². The Morgan fingerprint density at radius 1 is 1.21 bits per heavy atom. The topological polar surface area (TPSA) is 50.8 Å². The van der Waals surface area contributed by atoms with Gasteiger partial charge in [-0.25, -0.2) is 4.39 Å². The van der Waals surface area contributed by atoms with Gasteiger partial charge >= 0.3 is 6.18 Å². The highest BCUT2D eigenvalue weighted by atomic mass is 32.1. The molecule has 1 amide bonds. The van der Waals surface area contributed by atoms with Gasteiger partial charge in [-0.05, 0) is 29.8 Å². The Morgan fingerprint density at radius 3 is 2.67 bits per heavy atom. The van der Waals surface area contributed by atoms with Gasteiger partial charge in [0.15, 0.2) is 0 Å². The molecule has 0 radical (unpaired) electrons. The molecule has 0 aliphatic carbocycles. The minimum absolute atomic E-state index is 0.00569. The number of hydrogen-bond acceptors (Lipinski definition) is 5. The number of anilines is 1. The van der Waals surface area contributed by atoms with Crippen LogP contribution in [-0.2, 0) is 28.8 Å². The highest BCUT2D eigenvalue weighted by Gasteiger charge is 2.34. The van der Waals surface area contributed by atoms with E-state index in [9.17, 15) is 22.4 Å². The number of hydrogen-bond donors (Lipinski definition) is 1. The Kier molecular flexibility index (Phi) is 6.87. The average molecular weight is 482 g/mol. The van der Waals surface area contributed by atoms with Crippen LogP contribution >= 0.6 is 11.3 Å². The molecule has 3 aromatic rings. The molecule has 0 spiro atoms. The molecule has 0 atom stereocenters. The van der Waals surface area contributed by atoms with Crippen molar-refractivity contribution in [2.45, 2.75) is 19.3 Å². The van der Waals surface area contributed by atoms with Crippen molar-refractivity contribution >= 4 is 33.0 Å². The second kappa shape index (κ2) is 9.66. The standard InChI is InChI=1S/C23H22F4N2O3S/c1-31-13-16-20-18(24)3-2-4-19(20)33-21(16)22(30)28-12-14-5-6-15(11-17(14)23(25,26)27)29-7-9-32-10-8-29/h2-6,11H,7-10,12-13H2,1H3,(H,28,30). The lowest BCUT2D eigenvalue weighted by Crippen LogP contribution is -2.36. The monoisotopic (exact) mass is 482 g/mol. The first-order valence-electron chi connectivity index (χ1n) is 10.3. The Morgan fingerprint density at radius 2 is 1.97 bits per heavy atom. The highest BCUT2D eigenvalue weighted by Crippen LogP contribution is 2.36. The second-order valence-electron chi connectivity index (χ2n) is 7.58. The first-order chi connectivity index (χ1) is 15.8. The summed E-state index contributed by atoms with van der Waals surface area (Å²) in [6, 6.07) is 8.63. The molecule has 33 heavy (non-hydrogen) atoms. The van der Waals surface area contributed by atoms with Gasteiger partial charge < -0.3 is 19.7 Å². The van der Waals surface area contributed by atoms with Crippen LogP contribution in [0.25, 0.3) is 10.1 Å². The fourth-order valence-corrected chi connectivity index (χ4v) is 5.03. The van der Waals surface area contributed by atoms with Crippen molar-refractivity contribution in [2.24, 2.45) is 0 Å². The first kappa shape index (κ1) is 23.5. The second-order valence-corrected chi connectivity index (χ2v) is 8.63. The maximum Gasteiger partial charge on any atom is 0.416 e. The number of methoxy groups -OCH3 is 1. The number of ether oxygens (including phenoxy) is 2. The van der Waals surface area contributed by atoms with Gasteiger partial charge in [-0.2, -0.15) is 13.2 Å². The molecule has 1 aliphatic rings. The van der Waals surface area contributed by atoms with E-state index in [0.717, 1.165) is 17.4 Å². The number of alkyl halides is 3. The Bertz CT molecular complexity index is 1160. The molecule has 1 aromatic heterocycles. The largest absolute Gasteiger partial charge is 0.416 e. The van der Waals surface area contributed by atoms with Crippen LogP contribution in [0.3, 0.4) is 0 Å². The quantitative estimate of drug-likeness (QED) is 0.504. The predicted molar refractivity (Wildman–Crippen MR) is 118 cm³/mol. The fourth-order valence-electron chi connectivity index (χ4n) is 3.89. The summed E-state index contributed by atoms with van der Waals surface area (Å²) in [7, 11) is 1.43. The normalized spacial score (nSPS) is 14.6. The van der Waals surface area contributed by atoms with Gasteiger partial charge in [0.25, 0.3) is 5.91 Å². The van der Waals surface area contributed by atoms with Gasteiger partial charge in [-0.1, -0.05) is 12.1 Å². The highest BCUT2D eigenvalue weighted by molar-refractivity contribution is 7.21. The van der Waals surface area contributed by atoms with E-state index in [1.165, 1.54) is 25.3 Å². The summed E-state index contributed by atoms with van der Waals surface area (Å²) in [5.41, 5.74) is -0.00499. The van der Waals surface area contributed by atoms with Gasteiger partial charge in [-0.15, -0.1) is 11.3 Å². The van der Waals surface area contributed by atoms with Crippen molar-refractivity contribution in [3.05, 3.63) is 63.8 Å². The van der Waals surface area contributed by atoms with Crippen LogP contribution in [0.5, 0.6) is 0 Å². The van der Waals surface area contributed by atoms with Crippen LogP contribution in [0.15, 0.2) is 36.4 Å². The number of carbonyl (C=O) groups excluding carboxylic acids is 1. The third kappa shape index (κ3) is 4.97. The van der Waals surface area contributed by atoms with Crippen molar-refractivity contribution in [1.82, 2.24) is 5.32 Å². The maximum atomic E-state index is 14.4. The van der Waals surface area contributed by atoms with Gasteiger partial charge in [0.1, 0.15) is 5.82 Å². The summed E-state index contributed by atoms with van der Waals surface area (Å²) in [4.78, 5) is 14.9. The molecule has 176 valence electrons. The summed E-state index contributed by atoms with van der Waals surface area (Å²) < 4.78 is 66.7. The van der Waals surface area contributed by atoms with Crippen LogP contribution in [0.4, 0.5) is 23.2 Å². The number of benzene rings is 2. The lowest BCUT2D eigenvalue weighted by molar-refractivity contribution is -0.138. The predicted octanol–water partition coefficient (Wildman–Crippen LogP) is 4.97. The molecule has 2 heterocycles. The van der Waals surface area contributed by atoms with Crippen LogP contribution in [0.1, 0.15) is 26.4 Å². The SMILES string of the molecule is COCc1c(C(=O)NCc2ccc(N3CCOCC3)cc2C(F)(F)F)sc2cccc(F)c12. The third-order valence-corrected chi connectivity index (χ3v) is 6.67. The summed E-state index contributed by atoms with van der Waals surface area (Å²) >= 11 is 1.08. The molecule has 4 rings (SSSR count). The number of amides is 1. The van der Waals surface area contributed by atoms with Crippen LogP contribution in [0.2, 0.25) is 0 Å². The van der Waals surface area contributed by atoms with E-state index in [0.29, 0.717) is 47.6 Å². The molecular weight excluding hydrogens is 460 g/mol. The summed E-state index contributed by atoms with van der Waals surface area (Å²) in [6.45, 7) is 1.62. The van der Waals surface area contributed by atoms with E-state index < -0.39 is 23.5 Å². The van der Waals surface area contributed by atoms with E-state index in [4.69, 9.17) is 9.47 Å². The van der Waals surface area contributed by atoms with Crippen LogP contribution in [-0.4, -0.2) is 39.3 Å². The number of carbonyl (C=O) groups is 1. The molecule has 2 aromatic carbocycles. The molecule has 1 fully saturated rings. The van der Waals surface area contributed by atoms with Crippen LogP contribution < -0.4 is 10.2 Å². The number of rotatable bonds is 6. The summed E-state index contributed by atoms with van der Waals surface area (Å²) in [5.74, 6) is -1.05. The fraction of sp³-hybridized carbons (Fsp3) is 0.348. The van der Waals surface area contributed by atoms with Crippen molar-refractivity contribution < 1.29 is 31.8 Å². The summed E-state index contributed by atoms with van der Waals surface area (Å²) in [5, 5.41) is 2.86. The van der Waals surface area contributed by atoms with Crippen molar-refractivity contribution in [3.8, 4) is 0 Å². The smallest absolute Gasteiger partial charge is 0.380 e. The Hall–Kier alpha value is -2.69. The minimum atomic E-state index is -4.58. The summed E-state index contributed by atoms with van der Waals surface area (Å²) in [6.07, 6.45) is -4.58. The zero-order valence-electron chi connectivity index (χ0n) is 17.8. The Balaban J connectivity index is 1.59. The van der Waals surface area contributed by atoms with E-state index in [-0.39, 0.29) is 23.6 Å². The lowest BCUT2D eigenvalue weighted by Gasteiger charge is -2.29. The molecule has 0 saturated carbocycles. The lowest BCUT2D eigenvalue weighted by atomic mass is 10.0. The van der Waals surface area contributed by atoms with Crippen molar-refractivity contribution in [3.63, 3.8) is 0 Å². The van der Waals surface area contributed by atoms with E-state index >= 15 is 0 Å². The van der Waals surface area contributed by atoms with Crippen molar-refractivity contribution in [1.29, 1.82) is 0 Å². The van der Waals surface area contributed by atoms with E-state index in [2.05, 4.69) is 5.32 Å². The third-order valence-electron chi connectivity index (χ3n) is 5.47. The number of nitrogens with zero attached hydrogens (tertiary/aromatic N) is 1. The minimum Gasteiger partial charge on any atom is -0.380 e. The van der Waals surface area contributed by atoms with E-state index in [1.54, 1.807) is 12.1 Å². The van der Waals surface area contributed by atoms with Gasteiger partial charge in [-0.3, -0.25) is 4.79 Å². The van der Waals surface area contributed by atoms with Crippen molar-refractivity contribution in [2.75, 3.05) is 38.3 Å². The molecular formula is C23H22F4N2O3S. The number of thiophene rings is 1. The number of halogens is 4. The van der Waals surface area contributed by atoms with E-state index in [1.807, 2.05) is 4.90 Å². The molecule has 1 saturated heterocycles. The molecule has 1 N–H and O–H groups in total. The molecule has 0 unspecified atom stereocenters. The molecule has 0 bridgehead atoms. The average Bonchev–Trinajstić information content (AvgIpc) is 3.17. The zero-order valence-corrected chi connectivity index (χ0v) is 18.6. The molecule has 1 aliphatic heterocycles. The van der Waals surface area contributed by atoms with Gasteiger partial charge in [0, 0.05) is 48.1 Å². The number of nitrogens with one attached hydrogen (secondary N) is 1. The molecule has 10 heteroatoms. The Labute approximate surface area is 191 Å². The number of morpholine rings is 1. The maximum absolute atomic E-state index is 14.4.